The first-order valence-electron chi connectivity index (χ1n) is 6.83. The summed E-state index contributed by atoms with van der Waals surface area (Å²) in [5.41, 5.74) is 2.05. The fourth-order valence-corrected chi connectivity index (χ4v) is 2.52. The molecular formula is C15H23NO3. The summed E-state index contributed by atoms with van der Waals surface area (Å²) in [6.07, 6.45) is 1.33. The fraction of sp³-hybridized carbons (Fsp3) is 0.600. The van der Waals surface area contributed by atoms with Crippen molar-refractivity contribution in [3.8, 4) is 5.75 Å². The van der Waals surface area contributed by atoms with E-state index >= 15 is 0 Å². The summed E-state index contributed by atoms with van der Waals surface area (Å²) in [5.74, 6) is 0.884. The van der Waals surface area contributed by atoms with E-state index < -0.39 is 0 Å². The Labute approximate surface area is 114 Å². The molecule has 1 atom stereocenters. The third-order valence-electron chi connectivity index (χ3n) is 3.46. The highest BCUT2D eigenvalue weighted by Gasteiger charge is 2.16. The van der Waals surface area contributed by atoms with Crippen LogP contribution >= 0.6 is 0 Å². The van der Waals surface area contributed by atoms with Gasteiger partial charge in [0.25, 0.3) is 0 Å². The van der Waals surface area contributed by atoms with Crippen LogP contribution in [0, 0.1) is 0 Å². The van der Waals surface area contributed by atoms with Gasteiger partial charge in [-0.3, -0.25) is 4.90 Å². The highest BCUT2D eigenvalue weighted by Crippen LogP contribution is 2.22. The van der Waals surface area contributed by atoms with E-state index in [0.29, 0.717) is 0 Å². The maximum absolute atomic E-state index is 9.24. The van der Waals surface area contributed by atoms with Crippen LogP contribution in [0.2, 0.25) is 0 Å². The van der Waals surface area contributed by atoms with Gasteiger partial charge in [-0.1, -0.05) is 6.07 Å². The van der Waals surface area contributed by atoms with Crippen molar-refractivity contribution in [2.75, 3.05) is 26.8 Å². The lowest BCUT2D eigenvalue weighted by Crippen LogP contribution is -2.30. The molecule has 1 aromatic rings. The first-order valence-corrected chi connectivity index (χ1v) is 6.83. The molecule has 0 bridgehead atoms. The molecule has 0 aromatic heterocycles. The van der Waals surface area contributed by atoms with E-state index in [0.717, 1.165) is 49.5 Å². The highest BCUT2D eigenvalue weighted by atomic mass is 16.5. The normalized spacial score (nSPS) is 21.1. The highest BCUT2D eigenvalue weighted by molar-refractivity contribution is 5.37. The lowest BCUT2D eigenvalue weighted by molar-refractivity contribution is 0.0667. The van der Waals surface area contributed by atoms with Crippen LogP contribution in [-0.2, 0) is 17.9 Å². The second-order valence-electron chi connectivity index (χ2n) is 5.07. The second kappa shape index (κ2) is 6.89. The van der Waals surface area contributed by atoms with Crippen molar-refractivity contribution in [3.63, 3.8) is 0 Å². The number of hydrogen-bond acceptors (Lipinski definition) is 4. The van der Waals surface area contributed by atoms with E-state index in [9.17, 15) is 5.11 Å². The number of hydrogen-bond donors (Lipinski definition) is 1. The zero-order chi connectivity index (χ0) is 13.7. The molecule has 1 aromatic carbocycles. The number of aliphatic hydroxyl groups is 1. The molecule has 1 unspecified atom stereocenters. The van der Waals surface area contributed by atoms with Crippen molar-refractivity contribution in [1.82, 2.24) is 4.90 Å². The van der Waals surface area contributed by atoms with Crippen LogP contribution in [0.3, 0.4) is 0 Å². The average Bonchev–Trinajstić information content (AvgIpc) is 2.63. The summed E-state index contributed by atoms with van der Waals surface area (Å²) >= 11 is 0. The molecule has 106 valence electrons. The molecule has 2 rings (SSSR count). The number of methoxy groups -OCH3 is 1. The molecule has 4 heteroatoms. The van der Waals surface area contributed by atoms with Crippen molar-refractivity contribution < 1.29 is 14.6 Å². The Morgan fingerprint density at radius 1 is 1.47 bits per heavy atom. The van der Waals surface area contributed by atoms with Gasteiger partial charge in [-0.25, -0.2) is 0 Å². The second-order valence-corrected chi connectivity index (χ2v) is 5.07. The minimum Gasteiger partial charge on any atom is -0.496 e. The summed E-state index contributed by atoms with van der Waals surface area (Å²) < 4.78 is 11.1. The largest absolute Gasteiger partial charge is 0.496 e. The molecule has 4 nitrogen and oxygen atoms in total. The lowest BCUT2D eigenvalue weighted by atomic mass is 10.1. The predicted molar refractivity (Wildman–Crippen MR) is 74.2 cm³/mol. The minimum atomic E-state index is 0.0660. The topological polar surface area (TPSA) is 41.9 Å². The Morgan fingerprint density at radius 2 is 2.32 bits per heavy atom. The molecular weight excluding hydrogens is 242 g/mol. The van der Waals surface area contributed by atoms with Crippen molar-refractivity contribution in [2.45, 2.75) is 32.6 Å². The molecule has 0 amide bonds. The van der Waals surface area contributed by atoms with Gasteiger partial charge in [0.05, 0.1) is 19.8 Å². The maximum Gasteiger partial charge on any atom is 0.123 e. The number of aliphatic hydroxyl groups excluding tert-OH is 1. The molecule has 1 N–H and O–H groups in total. The van der Waals surface area contributed by atoms with E-state index in [1.54, 1.807) is 7.11 Å². The smallest absolute Gasteiger partial charge is 0.123 e. The van der Waals surface area contributed by atoms with Crippen LogP contribution in [0.15, 0.2) is 18.2 Å². The molecule has 0 saturated carbocycles. The van der Waals surface area contributed by atoms with E-state index in [4.69, 9.17) is 9.47 Å². The number of rotatable bonds is 4. The molecule has 1 fully saturated rings. The Bertz CT molecular complexity index is 408. The molecule has 1 saturated heterocycles. The van der Waals surface area contributed by atoms with E-state index in [2.05, 4.69) is 11.8 Å². The van der Waals surface area contributed by atoms with Gasteiger partial charge in [-0.05, 0) is 31.0 Å². The van der Waals surface area contributed by atoms with Gasteiger partial charge in [0.1, 0.15) is 5.75 Å². The van der Waals surface area contributed by atoms with E-state index in [1.807, 2.05) is 18.2 Å². The van der Waals surface area contributed by atoms with Gasteiger partial charge >= 0.3 is 0 Å². The molecule has 1 aliphatic rings. The van der Waals surface area contributed by atoms with Crippen LogP contribution in [0.25, 0.3) is 0 Å². The molecule has 0 spiro atoms. The van der Waals surface area contributed by atoms with Crippen LogP contribution in [0.1, 0.15) is 24.5 Å². The molecule has 1 aliphatic heterocycles. The van der Waals surface area contributed by atoms with Crippen LogP contribution < -0.4 is 4.74 Å². The van der Waals surface area contributed by atoms with Gasteiger partial charge in [0, 0.05) is 31.8 Å². The van der Waals surface area contributed by atoms with E-state index in [1.165, 1.54) is 0 Å². The molecule has 0 aliphatic carbocycles. The molecule has 19 heavy (non-hydrogen) atoms. The Morgan fingerprint density at radius 3 is 3.05 bits per heavy atom. The lowest BCUT2D eigenvalue weighted by Gasteiger charge is -2.23. The Balaban J connectivity index is 2.11. The molecule has 0 radical (unpaired) electrons. The van der Waals surface area contributed by atoms with Crippen molar-refractivity contribution in [2.24, 2.45) is 0 Å². The van der Waals surface area contributed by atoms with Crippen molar-refractivity contribution in [1.29, 1.82) is 0 Å². The SMILES string of the molecule is COc1ccc(CO)cc1CN1CCCOC(C)C1. The number of ether oxygens (including phenoxy) is 2. The minimum absolute atomic E-state index is 0.0660. The monoisotopic (exact) mass is 265 g/mol. The zero-order valence-corrected chi connectivity index (χ0v) is 11.8. The zero-order valence-electron chi connectivity index (χ0n) is 11.8. The maximum atomic E-state index is 9.24. The summed E-state index contributed by atoms with van der Waals surface area (Å²) in [7, 11) is 1.69. The quantitative estimate of drug-likeness (QED) is 0.901. The van der Waals surface area contributed by atoms with Crippen molar-refractivity contribution in [3.05, 3.63) is 29.3 Å². The molecule has 1 heterocycles. The summed E-state index contributed by atoms with van der Waals surface area (Å²) in [6.45, 7) is 5.83. The van der Waals surface area contributed by atoms with Gasteiger partial charge < -0.3 is 14.6 Å². The Hall–Kier alpha value is -1.10. The van der Waals surface area contributed by atoms with Crippen LogP contribution in [0.4, 0.5) is 0 Å². The number of benzene rings is 1. The van der Waals surface area contributed by atoms with Crippen LogP contribution in [0.5, 0.6) is 5.75 Å². The summed E-state index contributed by atoms with van der Waals surface area (Å²) in [5, 5.41) is 9.24. The van der Waals surface area contributed by atoms with Crippen molar-refractivity contribution >= 4 is 0 Å². The summed E-state index contributed by atoms with van der Waals surface area (Å²) in [6, 6.07) is 5.85. The summed E-state index contributed by atoms with van der Waals surface area (Å²) in [4.78, 5) is 2.39. The first-order chi connectivity index (χ1) is 9.22. The predicted octanol–water partition coefficient (Wildman–Crippen LogP) is 1.80. The average molecular weight is 265 g/mol. The standard InChI is InChI=1S/C15H23NO3/c1-12-9-16(6-3-7-19-12)10-14-8-13(11-17)4-5-15(14)18-2/h4-5,8,12,17H,3,6-7,9-11H2,1-2H3. The van der Waals surface area contributed by atoms with Gasteiger partial charge in [0.15, 0.2) is 0 Å². The number of nitrogens with zero attached hydrogens (tertiary/aromatic N) is 1. The van der Waals surface area contributed by atoms with Gasteiger partial charge in [0.2, 0.25) is 0 Å². The third kappa shape index (κ3) is 3.93. The van der Waals surface area contributed by atoms with E-state index in [-0.39, 0.29) is 12.7 Å². The fourth-order valence-electron chi connectivity index (χ4n) is 2.52. The van der Waals surface area contributed by atoms with Gasteiger partial charge in [-0.2, -0.15) is 0 Å². The first kappa shape index (κ1) is 14.3. The van der Waals surface area contributed by atoms with Gasteiger partial charge in [-0.15, -0.1) is 0 Å². The van der Waals surface area contributed by atoms with Crippen LogP contribution in [-0.4, -0.2) is 42.9 Å². The third-order valence-corrected chi connectivity index (χ3v) is 3.46. The Kier molecular flexibility index (Phi) is 5.19.